The Morgan fingerprint density at radius 3 is 2.58 bits per heavy atom. The second-order valence-electron chi connectivity index (χ2n) is 7.31. The third-order valence-electron chi connectivity index (χ3n) is 4.77. The largest absolute Gasteiger partial charge is 0.367 e. The van der Waals surface area contributed by atoms with Crippen LogP contribution >= 0.6 is 11.6 Å². The van der Waals surface area contributed by atoms with Crippen LogP contribution in [0.1, 0.15) is 37.2 Å². The molecule has 0 radical (unpaired) electrons. The van der Waals surface area contributed by atoms with E-state index in [9.17, 15) is 14.0 Å². The van der Waals surface area contributed by atoms with Gasteiger partial charge in [-0.3, -0.25) is 14.5 Å². The van der Waals surface area contributed by atoms with E-state index >= 15 is 0 Å². The Bertz CT molecular complexity index is 706. The molecule has 1 aliphatic rings. The summed E-state index contributed by atoms with van der Waals surface area (Å²) in [6.07, 6.45) is 0.395. The van der Waals surface area contributed by atoms with Gasteiger partial charge < -0.3 is 16.4 Å². The molecule has 26 heavy (non-hydrogen) atoms. The zero-order chi connectivity index (χ0) is 19.7. The van der Waals surface area contributed by atoms with E-state index in [4.69, 9.17) is 17.3 Å². The van der Waals surface area contributed by atoms with Gasteiger partial charge in [-0.2, -0.15) is 0 Å². The number of amides is 2. The molecule has 2 rings (SSSR count). The molecule has 8 nitrogen and oxygen atoms in total. The summed E-state index contributed by atoms with van der Waals surface area (Å²) in [4.78, 5) is 32.8. The Hall–Kier alpha value is -2.00. The maximum absolute atomic E-state index is 14.7. The lowest BCUT2D eigenvalue weighted by molar-refractivity contribution is -0.131. The van der Waals surface area contributed by atoms with Gasteiger partial charge in [-0.15, -0.1) is 0 Å². The first kappa shape index (κ1) is 20.3. The van der Waals surface area contributed by atoms with Crippen LogP contribution in [0.25, 0.3) is 0 Å². The van der Waals surface area contributed by atoms with Crippen LogP contribution < -0.4 is 16.4 Å². The molecule has 1 heterocycles. The molecule has 144 valence electrons. The fraction of sp³-hybridized carbons (Fsp3) is 0.625. The van der Waals surface area contributed by atoms with Crippen LogP contribution in [0.4, 0.5) is 10.2 Å². The zero-order valence-electron chi connectivity index (χ0n) is 15.3. The minimum absolute atomic E-state index is 0.0171. The summed E-state index contributed by atoms with van der Waals surface area (Å²) in [5.41, 5.74) is 2.95. The average Bonchev–Trinajstić information content (AvgIpc) is 2.50. The smallest absolute Gasteiger partial charge is 0.267 e. The first-order valence-electron chi connectivity index (χ1n) is 8.18. The number of nitrogens with one attached hydrogen (secondary N) is 2. The van der Waals surface area contributed by atoms with Crippen LogP contribution in [0, 0.1) is 0 Å². The van der Waals surface area contributed by atoms with Crippen molar-refractivity contribution in [1.82, 2.24) is 20.2 Å². The SMILES string of the molecule is CN(C)C(C)(C)C(=O)NCC1(F)CC(Nc2cc(C(N)=O)nc(Cl)n2)C1. The monoisotopic (exact) mass is 386 g/mol. The Morgan fingerprint density at radius 2 is 2.04 bits per heavy atom. The highest BCUT2D eigenvalue weighted by atomic mass is 35.5. The minimum atomic E-state index is -1.49. The van der Waals surface area contributed by atoms with Crippen LogP contribution in [-0.4, -0.2) is 64.6 Å². The molecule has 0 aliphatic heterocycles. The maximum Gasteiger partial charge on any atom is 0.267 e. The standard InChI is InChI=1S/C16H24ClFN6O2/c1-15(2,24(3)4)13(26)20-8-16(18)6-9(7-16)21-11-5-10(12(19)25)22-14(17)23-11/h5,9H,6-8H2,1-4H3,(H2,19,25)(H,20,26)(H,21,22,23). The topological polar surface area (TPSA) is 113 Å². The number of nitrogens with two attached hydrogens (primary N) is 1. The van der Waals surface area contributed by atoms with Gasteiger partial charge in [0.2, 0.25) is 11.2 Å². The molecular weight excluding hydrogens is 363 g/mol. The normalized spacial score (nSPS) is 22.7. The third kappa shape index (κ3) is 4.59. The molecule has 0 spiro atoms. The van der Waals surface area contributed by atoms with Gasteiger partial charge >= 0.3 is 0 Å². The number of hydrogen-bond donors (Lipinski definition) is 3. The van der Waals surface area contributed by atoms with Crippen molar-refractivity contribution in [3.8, 4) is 0 Å². The molecule has 1 fully saturated rings. The maximum atomic E-state index is 14.7. The summed E-state index contributed by atoms with van der Waals surface area (Å²) >= 11 is 5.75. The number of alkyl halides is 1. The van der Waals surface area contributed by atoms with Crippen molar-refractivity contribution >= 4 is 29.2 Å². The van der Waals surface area contributed by atoms with Crippen LogP contribution in [0.5, 0.6) is 0 Å². The van der Waals surface area contributed by atoms with E-state index in [0.717, 1.165) is 0 Å². The number of rotatable bonds is 7. The Kier molecular flexibility index (Phi) is 5.72. The molecule has 2 amide bonds. The number of anilines is 1. The van der Waals surface area contributed by atoms with Gasteiger partial charge in [-0.05, 0) is 39.5 Å². The molecule has 0 saturated heterocycles. The van der Waals surface area contributed by atoms with Gasteiger partial charge in [0.15, 0.2) is 0 Å². The highest BCUT2D eigenvalue weighted by molar-refractivity contribution is 6.28. The van der Waals surface area contributed by atoms with Crippen molar-refractivity contribution < 1.29 is 14.0 Å². The molecule has 10 heteroatoms. The molecule has 4 N–H and O–H groups in total. The fourth-order valence-corrected chi connectivity index (χ4v) is 2.74. The number of carbonyl (C=O) groups excluding carboxylic acids is 2. The Labute approximate surface area is 156 Å². The first-order chi connectivity index (χ1) is 11.9. The Morgan fingerprint density at radius 1 is 1.42 bits per heavy atom. The lowest BCUT2D eigenvalue weighted by atomic mass is 9.77. The lowest BCUT2D eigenvalue weighted by Gasteiger charge is -2.42. The fourth-order valence-electron chi connectivity index (χ4n) is 2.56. The van der Waals surface area contributed by atoms with Crippen LogP contribution in [0.3, 0.4) is 0 Å². The van der Waals surface area contributed by atoms with E-state index < -0.39 is 17.1 Å². The van der Waals surface area contributed by atoms with E-state index in [-0.39, 0.29) is 42.3 Å². The van der Waals surface area contributed by atoms with Gasteiger partial charge in [0.25, 0.3) is 5.91 Å². The van der Waals surface area contributed by atoms with Crippen molar-refractivity contribution in [2.45, 2.75) is 43.9 Å². The van der Waals surface area contributed by atoms with Crippen molar-refractivity contribution in [2.24, 2.45) is 5.73 Å². The van der Waals surface area contributed by atoms with Crippen LogP contribution in [0.15, 0.2) is 6.07 Å². The molecule has 1 aliphatic carbocycles. The summed E-state index contributed by atoms with van der Waals surface area (Å²) in [5, 5.41) is 5.56. The molecule has 0 aromatic carbocycles. The molecule has 0 unspecified atom stereocenters. The highest BCUT2D eigenvalue weighted by Crippen LogP contribution is 2.37. The van der Waals surface area contributed by atoms with Crippen LogP contribution in [0.2, 0.25) is 5.28 Å². The van der Waals surface area contributed by atoms with Gasteiger partial charge in [-0.25, -0.2) is 14.4 Å². The van der Waals surface area contributed by atoms with E-state index in [1.54, 1.807) is 32.8 Å². The first-order valence-corrected chi connectivity index (χ1v) is 8.56. The van der Waals surface area contributed by atoms with E-state index in [1.165, 1.54) is 6.07 Å². The second-order valence-corrected chi connectivity index (χ2v) is 7.65. The summed E-state index contributed by atoms with van der Waals surface area (Å²) in [5.74, 6) is -0.648. The second kappa shape index (κ2) is 7.32. The number of halogens is 2. The van der Waals surface area contributed by atoms with Crippen molar-refractivity contribution in [3.05, 3.63) is 17.0 Å². The summed E-state index contributed by atoms with van der Waals surface area (Å²) in [7, 11) is 3.59. The van der Waals surface area contributed by atoms with E-state index in [0.29, 0.717) is 5.82 Å². The quantitative estimate of drug-likeness (QED) is 0.602. The van der Waals surface area contributed by atoms with Crippen LogP contribution in [-0.2, 0) is 4.79 Å². The van der Waals surface area contributed by atoms with Gasteiger partial charge in [-0.1, -0.05) is 0 Å². The number of primary amides is 1. The Balaban J connectivity index is 1.88. The third-order valence-corrected chi connectivity index (χ3v) is 4.94. The summed E-state index contributed by atoms with van der Waals surface area (Å²) < 4.78 is 14.7. The van der Waals surface area contributed by atoms with Crippen molar-refractivity contribution in [2.75, 3.05) is 26.0 Å². The average molecular weight is 387 g/mol. The van der Waals surface area contributed by atoms with Gasteiger partial charge in [0, 0.05) is 24.9 Å². The molecule has 1 aromatic heterocycles. The molecule has 1 saturated carbocycles. The highest BCUT2D eigenvalue weighted by Gasteiger charge is 2.46. The molecule has 1 aromatic rings. The zero-order valence-corrected chi connectivity index (χ0v) is 16.0. The molecule has 0 bridgehead atoms. The van der Waals surface area contributed by atoms with Crippen molar-refractivity contribution in [3.63, 3.8) is 0 Å². The number of carbonyl (C=O) groups is 2. The lowest BCUT2D eigenvalue weighted by Crippen LogP contribution is -2.58. The number of likely N-dealkylation sites (N-methyl/N-ethyl adjacent to an activating group) is 1. The number of nitrogens with zero attached hydrogens (tertiary/aromatic N) is 3. The summed E-state index contributed by atoms with van der Waals surface area (Å²) in [6, 6.07) is 1.18. The predicted octanol–water partition coefficient (Wildman–Crippen LogP) is 0.968. The minimum Gasteiger partial charge on any atom is -0.367 e. The predicted molar refractivity (Wildman–Crippen MR) is 96.8 cm³/mol. The number of hydrogen-bond acceptors (Lipinski definition) is 6. The van der Waals surface area contributed by atoms with E-state index in [2.05, 4.69) is 20.6 Å². The summed E-state index contributed by atoms with van der Waals surface area (Å²) in [6.45, 7) is 3.49. The van der Waals surface area contributed by atoms with Gasteiger partial charge in [0.05, 0.1) is 12.1 Å². The molecule has 0 atom stereocenters. The van der Waals surface area contributed by atoms with Crippen molar-refractivity contribution in [1.29, 1.82) is 0 Å². The van der Waals surface area contributed by atoms with E-state index in [1.807, 2.05) is 0 Å². The number of aromatic nitrogens is 2. The van der Waals surface area contributed by atoms with Gasteiger partial charge in [0.1, 0.15) is 17.2 Å². The molecular formula is C16H24ClFN6O2.